The van der Waals surface area contributed by atoms with Crippen molar-refractivity contribution in [1.82, 2.24) is 0 Å². The Morgan fingerprint density at radius 1 is 1.54 bits per heavy atom. The van der Waals surface area contributed by atoms with Crippen LogP contribution in [0.2, 0.25) is 0 Å². The van der Waals surface area contributed by atoms with Crippen LogP contribution >= 0.6 is 0 Å². The maximum atomic E-state index is 10.4. The van der Waals surface area contributed by atoms with Gasteiger partial charge in [0.15, 0.2) is 0 Å². The third kappa shape index (κ3) is 2.80. The van der Waals surface area contributed by atoms with Gasteiger partial charge in [0, 0.05) is 6.08 Å². The second kappa shape index (κ2) is 4.07. The van der Waals surface area contributed by atoms with E-state index in [1.54, 1.807) is 30.3 Å². The first-order valence-electron chi connectivity index (χ1n) is 3.70. The van der Waals surface area contributed by atoms with Gasteiger partial charge in [-0.15, -0.1) is 0 Å². The minimum absolute atomic E-state index is 0.498. The number of benzene rings is 1. The van der Waals surface area contributed by atoms with E-state index in [1.807, 2.05) is 6.07 Å². The van der Waals surface area contributed by atoms with Crippen LogP contribution in [0, 0.1) is 11.3 Å². The molecule has 0 saturated carbocycles. The van der Waals surface area contributed by atoms with E-state index >= 15 is 0 Å². The number of carbonyl (C=O) groups excluding carboxylic acids is 1. The summed E-state index contributed by atoms with van der Waals surface area (Å²) >= 11 is 0. The molecule has 0 spiro atoms. The van der Waals surface area contributed by atoms with Crippen molar-refractivity contribution in [2.24, 2.45) is 5.73 Å². The molecule has 1 amide bonds. The van der Waals surface area contributed by atoms with Gasteiger partial charge in [0.05, 0.1) is 11.6 Å². The van der Waals surface area contributed by atoms with E-state index in [-0.39, 0.29) is 0 Å². The Bertz CT molecular complexity index is 388. The fourth-order valence-corrected chi connectivity index (χ4v) is 0.890. The molecule has 1 rings (SSSR count). The van der Waals surface area contributed by atoms with Crippen molar-refractivity contribution < 1.29 is 4.79 Å². The monoisotopic (exact) mass is 172 g/mol. The molecule has 0 aromatic heterocycles. The summed E-state index contributed by atoms with van der Waals surface area (Å²) in [5, 5.41) is 8.57. The Labute approximate surface area is 76.1 Å². The normalized spacial score (nSPS) is 9.77. The Balaban J connectivity index is 2.91. The highest BCUT2D eigenvalue weighted by atomic mass is 16.1. The van der Waals surface area contributed by atoms with Crippen LogP contribution in [0.15, 0.2) is 30.3 Å². The van der Waals surface area contributed by atoms with Gasteiger partial charge in [0.1, 0.15) is 0 Å². The molecule has 64 valence electrons. The summed E-state index contributed by atoms with van der Waals surface area (Å²) in [6.07, 6.45) is 2.83. The smallest absolute Gasteiger partial charge is 0.241 e. The van der Waals surface area contributed by atoms with E-state index in [0.717, 1.165) is 5.56 Å². The van der Waals surface area contributed by atoms with Crippen molar-refractivity contribution in [2.75, 3.05) is 0 Å². The van der Waals surface area contributed by atoms with E-state index in [4.69, 9.17) is 11.0 Å². The average Bonchev–Trinajstić information content (AvgIpc) is 2.15. The first kappa shape index (κ1) is 9.01. The molecule has 0 heterocycles. The molecular weight excluding hydrogens is 164 g/mol. The number of nitrogens with zero attached hydrogens (tertiary/aromatic N) is 1. The van der Waals surface area contributed by atoms with E-state index in [0.29, 0.717) is 5.56 Å². The number of carbonyl (C=O) groups is 1. The molecule has 0 atom stereocenters. The first-order chi connectivity index (χ1) is 6.22. The summed E-state index contributed by atoms with van der Waals surface area (Å²) in [5.41, 5.74) is 6.27. The molecule has 3 nitrogen and oxygen atoms in total. The summed E-state index contributed by atoms with van der Waals surface area (Å²) < 4.78 is 0. The van der Waals surface area contributed by atoms with Crippen LogP contribution in [-0.4, -0.2) is 5.91 Å². The molecule has 1 aromatic carbocycles. The fourth-order valence-electron chi connectivity index (χ4n) is 0.890. The van der Waals surface area contributed by atoms with Gasteiger partial charge in [-0.3, -0.25) is 4.79 Å². The Morgan fingerprint density at radius 2 is 2.31 bits per heavy atom. The van der Waals surface area contributed by atoms with Crippen LogP contribution in [0.5, 0.6) is 0 Å². The highest BCUT2D eigenvalue weighted by Gasteiger charge is 1.91. The predicted octanol–water partition coefficient (Wildman–Crippen LogP) is 1.06. The zero-order chi connectivity index (χ0) is 9.68. The molecule has 0 saturated heterocycles. The Hall–Kier alpha value is -2.08. The van der Waals surface area contributed by atoms with Crippen LogP contribution in [0.1, 0.15) is 11.1 Å². The topological polar surface area (TPSA) is 66.9 Å². The number of nitrogens with two attached hydrogens (primary N) is 1. The summed E-state index contributed by atoms with van der Waals surface area (Å²) in [5.74, 6) is -0.498. The minimum Gasteiger partial charge on any atom is -0.366 e. The lowest BCUT2D eigenvalue weighted by molar-refractivity contribution is -0.113. The molecule has 1 aromatic rings. The molecule has 3 heteroatoms. The average molecular weight is 172 g/mol. The zero-order valence-electron chi connectivity index (χ0n) is 6.90. The Kier molecular flexibility index (Phi) is 2.82. The van der Waals surface area contributed by atoms with Crippen LogP contribution < -0.4 is 5.73 Å². The zero-order valence-corrected chi connectivity index (χ0v) is 6.90. The third-order valence-corrected chi connectivity index (χ3v) is 1.46. The molecule has 0 aliphatic rings. The van der Waals surface area contributed by atoms with Gasteiger partial charge in [-0.25, -0.2) is 0 Å². The van der Waals surface area contributed by atoms with Gasteiger partial charge in [0.2, 0.25) is 5.91 Å². The lowest BCUT2D eigenvalue weighted by Gasteiger charge is -1.92. The first-order valence-corrected chi connectivity index (χ1v) is 3.70. The molecule has 2 N–H and O–H groups in total. The van der Waals surface area contributed by atoms with Crippen LogP contribution in [0.3, 0.4) is 0 Å². The maximum Gasteiger partial charge on any atom is 0.241 e. The molecule has 13 heavy (non-hydrogen) atoms. The van der Waals surface area contributed by atoms with Crippen molar-refractivity contribution in [2.45, 2.75) is 0 Å². The van der Waals surface area contributed by atoms with Crippen molar-refractivity contribution in [1.29, 1.82) is 5.26 Å². The lowest BCUT2D eigenvalue weighted by Crippen LogP contribution is -2.05. The summed E-state index contributed by atoms with van der Waals surface area (Å²) in [6.45, 7) is 0. The third-order valence-electron chi connectivity index (χ3n) is 1.46. The second-order valence-corrected chi connectivity index (χ2v) is 2.47. The maximum absolute atomic E-state index is 10.4. The Morgan fingerprint density at radius 3 is 2.92 bits per heavy atom. The van der Waals surface area contributed by atoms with Crippen molar-refractivity contribution >= 4 is 12.0 Å². The van der Waals surface area contributed by atoms with Crippen LogP contribution in [0.25, 0.3) is 6.08 Å². The molecular formula is C10H8N2O. The van der Waals surface area contributed by atoms with Gasteiger partial charge in [0.25, 0.3) is 0 Å². The van der Waals surface area contributed by atoms with E-state index in [2.05, 4.69) is 0 Å². The SMILES string of the molecule is N#Cc1cccc(/C=C/C(N)=O)c1. The minimum atomic E-state index is -0.498. The summed E-state index contributed by atoms with van der Waals surface area (Å²) in [4.78, 5) is 10.4. The van der Waals surface area contributed by atoms with Gasteiger partial charge in [-0.2, -0.15) is 5.26 Å². The standard InChI is InChI=1S/C10H8N2O/c11-7-9-3-1-2-8(6-9)4-5-10(12)13/h1-6H,(H2,12,13)/b5-4+. The molecule has 0 bridgehead atoms. The van der Waals surface area contributed by atoms with Gasteiger partial charge in [-0.1, -0.05) is 12.1 Å². The summed E-state index contributed by atoms with van der Waals surface area (Å²) in [7, 11) is 0. The van der Waals surface area contributed by atoms with E-state index in [1.165, 1.54) is 6.08 Å². The van der Waals surface area contributed by atoms with E-state index in [9.17, 15) is 4.79 Å². The largest absolute Gasteiger partial charge is 0.366 e. The molecule has 0 radical (unpaired) electrons. The van der Waals surface area contributed by atoms with Crippen molar-refractivity contribution in [3.05, 3.63) is 41.5 Å². The van der Waals surface area contributed by atoms with Gasteiger partial charge >= 0.3 is 0 Å². The number of nitriles is 1. The number of amides is 1. The molecule has 0 aliphatic carbocycles. The number of hydrogen-bond acceptors (Lipinski definition) is 2. The fraction of sp³-hybridized carbons (Fsp3) is 0. The quantitative estimate of drug-likeness (QED) is 0.677. The molecule has 0 fully saturated rings. The van der Waals surface area contributed by atoms with Crippen molar-refractivity contribution in [3.63, 3.8) is 0 Å². The number of hydrogen-bond donors (Lipinski definition) is 1. The van der Waals surface area contributed by atoms with Crippen LogP contribution in [0.4, 0.5) is 0 Å². The highest BCUT2D eigenvalue weighted by molar-refractivity contribution is 5.90. The molecule has 0 unspecified atom stereocenters. The van der Waals surface area contributed by atoms with Crippen molar-refractivity contribution in [3.8, 4) is 6.07 Å². The van der Waals surface area contributed by atoms with Gasteiger partial charge in [-0.05, 0) is 23.8 Å². The second-order valence-electron chi connectivity index (χ2n) is 2.47. The van der Waals surface area contributed by atoms with Crippen LogP contribution in [-0.2, 0) is 4.79 Å². The van der Waals surface area contributed by atoms with Gasteiger partial charge < -0.3 is 5.73 Å². The number of primary amides is 1. The summed E-state index contributed by atoms with van der Waals surface area (Å²) in [6, 6.07) is 8.92. The van der Waals surface area contributed by atoms with E-state index < -0.39 is 5.91 Å². The lowest BCUT2D eigenvalue weighted by atomic mass is 10.1. The molecule has 0 aliphatic heterocycles. The predicted molar refractivity (Wildman–Crippen MR) is 49.4 cm³/mol. The number of rotatable bonds is 2. The highest BCUT2D eigenvalue weighted by Crippen LogP contribution is 2.05.